The molecular weight excluding hydrogens is 526 g/mol. The molecule has 0 spiro atoms. The van der Waals surface area contributed by atoms with Crippen LogP contribution in [0.15, 0.2) is 36.5 Å². The first kappa shape index (κ1) is 28.0. The van der Waals surface area contributed by atoms with E-state index in [9.17, 15) is 14.4 Å². The van der Waals surface area contributed by atoms with Gasteiger partial charge in [-0.1, -0.05) is 25.5 Å². The van der Waals surface area contributed by atoms with Crippen molar-refractivity contribution in [1.29, 1.82) is 0 Å². The summed E-state index contributed by atoms with van der Waals surface area (Å²) in [6.45, 7) is 6.35. The number of rotatable bonds is 11. The molecule has 41 heavy (non-hydrogen) atoms. The summed E-state index contributed by atoms with van der Waals surface area (Å²) >= 11 is 0. The summed E-state index contributed by atoms with van der Waals surface area (Å²) < 4.78 is 7.54. The third-order valence-electron chi connectivity index (χ3n) is 7.26. The molecule has 0 unspecified atom stereocenters. The first-order chi connectivity index (χ1) is 19.8. The minimum atomic E-state index is -0.442. The van der Waals surface area contributed by atoms with E-state index in [-0.39, 0.29) is 18.4 Å². The van der Waals surface area contributed by atoms with Crippen LogP contribution in [-0.4, -0.2) is 98.5 Å². The summed E-state index contributed by atoms with van der Waals surface area (Å²) in [6, 6.07) is 6.15. The van der Waals surface area contributed by atoms with Crippen LogP contribution in [0.1, 0.15) is 30.9 Å². The van der Waals surface area contributed by atoms with Crippen LogP contribution in [0.5, 0.6) is 5.75 Å². The van der Waals surface area contributed by atoms with Gasteiger partial charge in [0, 0.05) is 57.0 Å². The fourth-order valence-electron chi connectivity index (χ4n) is 4.99. The summed E-state index contributed by atoms with van der Waals surface area (Å²) in [6.07, 6.45) is 6.33. The van der Waals surface area contributed by atoms with Gasteiger partial charge in [0.05, 0.1) is 19.9 Å². The Balaban J connectivity index is 1.19. The van der Waals surface area contributed by atoms with Gasteiger partial charge in [-0.25, -0.2) is 4.98 Å². The summed E-state index contributed by atoms with van der Waals surface area (Å²) in [5.41, 5.74) is 9.35. The molecule has 1 fully saturated rings. The van der Waals surface area contributed by atoms with Crippen LogP contribution in [0.2, 0.25) is 0 Å². The number of nitrogen functional groups attached to an aromatic ring is 1. The number of nitrogens with two attached hydrogens (primary N) is 1. The molecule has 5 rings (SSSR count). The second-order valence-electron chi connectivity index (χ2n) is 10.2. The van der Waals surface area contributed by atoms with E-state index in [1.807, 2.05) is 23.0 Å². The van der Waals surface area contributed by atoms with Crippen molar-refractivity contribution in [3.8, 4) is 5.75 Å². The number of amides is 3. The molecule has 2 aliphatic rings. The lowest BCUT2D eigenvalue weighted by atomic mass is 10.1. The van der Waals surface area contributed by atoms with Crippen LogP contribution >= 0.6 is 0 Å². The molecule has 3 aromatic rings. The standard InChI is InChI=1S/C28H35N9O4/c1-3-4-9-30-27-26-21(31-28(29)32-27)17-36(33-26)16-20-6-5-19(14-22(20)41-2)15-34-10-12-35(13-11-34)25(40)18-37-23(38)7-8-24(37)39/h5-8,14,17H,3-4,9-13,15-16,18H2,1-2H3,(H3,29,30,31,32). The van der Waals surface area contributed by atoms with Crippen LogP contribution in [0.3, 0.4) is 0 Å². The maximum atomic E-state index is 12.6. The van der Waals surface area contributed by atoms with Crippen molar-refractivity contribution in [1.82, 2.24) is 34.4 Å². The number of ether oxygens (including phenoxy) is 1. The lowest BCUT2D eigenvalue weighted by Crippen LogP contribution is -2.51. The third-order valence-corrected chi connectivity index (χ3v) is 7.26. The maximum absolute atomic E-state index is 12.6. The number of benzene rings is 1. The largest absolute Gasteiger partial charge is 0.496 e. The van der Waals surface area contributed by atoms with Crippen molar-refractivity contribution < 1.29 is 19.1 Å². The normalized spacial score (nSPS) is 15.8. The zero-order valence-corrected chi connectivity index (χ0v) is 23.4. The maximum Gasteiger partial charge on any atom is 0.254 e. The lowest BCUT2D eigenvalue weighted by Gasteiger charge is -2.35. The number of piperazine rings is 1. The minimum absolute atomic E-state index is 0.206. The van der Waals surface area contributed by atoms with Gasteiger partial charge in [-0.2, -0.15) is 10.1 Å². The van der Waals surface area contributed by atoms with Crippen LogP contribution < -0.4 is 15.8 Å². The first-order valence-corrected chi connectivity index (χ1v) is 13.8. The van der Waals surface area contributed by atoms with Gasteiger partial charge in [0.25, 0.3) is 11.8 Å². The Bertz CT molecular complexity index is 1460. The SMILES string of the molecule is CCCCNc1nc(N)nc2cn(Cc3ccc(CN4CCN(C(=O)CN5C(=O)C=CC5=O)CC4)cc3OC)nc12. The number of nitrogens with one attached hydrogen (secondary N) is 1. The van der Waals surface area contributed by atoms with Gasteiger partial charge in [0.15, 0.2) is 11.3 Å². The molecule has 1 aromatic carbocycles. The third kappa shape index (κ3) is 6.46. The number of carbonyl (C=O) groups excluding carboxylic acids is 3. The number of aromatic nitrogens is 4. The highest BCUT2D eigenvalue weighted by Crippen LogP contribution is 2.25. The van der Waals surface area contributed by atoms with Gasteiger partial charge in [0.2, 0.25) is 11.9 Å². The average molecular weight is 562 g/mol. The molecule has 2 aliphatic heterocycles. The summed E-state index contributed by atoms with van der Waals surface area (Å²) in [7, 11) is 1.65. The van der Waals surface area contributed by atoms with Crippen molar-refractivity contribution in [2.24, 2.45) is 0 Å². The Morgan fingerprint density at radius 2 is 1.83 bits per heavy atom. The van der Waals surface area contributed by atoms with E-state index in [1.54, 1.807) is 12.0 Å². The van der Waals surface area contributed by atoms with Crippen molar-refractivity contribution in [3.05, 3.63) is 47.7 Å². The quantitative estimate of drug-likeness (QED) is 0.258. The van der Waals surface area contributed by atoms with E-state index < -0.39 is 11.8 Å². The number of unbranched alkanes of at least 4 members (excludes halogenated alkanes) is 1. The van der Waals surface area contributed by atoms with Crippen molar-refractivity contribution in [2.45, 2.75) is 32.9 Å². The molecule has 1 saturated heterocycles. The molecule has 13 nitrogen and oxygen atoms in total. The Morgan fingerprint density at radius 1 is 1.07 bits per heavy atom. The molecule has 3 N–H and O–H groups in total. The van der Waals surface area contributed by atoms with Gasteiger partial charge in [-0.15, -0.1) is 0 Å². The highest BCUT2D eigenvalue weighted by molar-refractivity contribution is 6.14. The Labute approximate surface area is 237 Å². The zero-order chi connectivity index (χ0) is 28.9. The van der Waals surface area contributed by atoms with E-state index in [4.69, 9.17) is 15.6 Å². The molecule has 4 heterocycles. The van der Waals surface area contributed by atoms with Gasteiger partial charge < -0.3 is 20.7 Å². The molecule has 0 saturated carbocycles. The molecule has 3 amide bonds. The molecule has 2 aromatic heterocycles. The van der Waals surface area contributed by atoms with Gasteiger partial charge >= 0.3 is 0 Å². The number of nitrogens with zero attached hydrogens (tertiary/aromatic N) is 7. The predicted molar refractivity (Wildman–Crippen MR) is 153 cm³/mol. The van der Waals surface area contributed by atoms with E-state index in [0.717, 1.165) is 41.2 Å². The number of hydrogen-bond acceptors (Lipinski definition) is 10. The van der Waals surface area contributed by atoms with Crippen molar-refractivity contribution >= 4 is 40.5 Å². The minimum Gasteiger partial charge on any atom is -0.496 e. The molecule has 0 radical (unpaired) electrons. The second kappa shape index (κ2) is 12.3. The first-order valence-electron chi connectivity index (χ1n) is 13.8. The monoisotopic (exact) mass is 561 g/mol. The summed E-state index contributed by atoms with van der Waals surface area (Å²) in [5, 5.41) is 8.03. The van der Waals surface area contributed by atoms with E-state index in [0.29, 0.717) is 56.1 Å². The molecule has 0 atom stereocenters. The Morgan fingerprint density at radius 3 is 2.54 bits per heavy atom. The number of methoxy groups -OCH3 is 1. The predicted octanol–water partition coefficient (Wildman–Crippen LogP) is 1.25. The van der Waals surface area contributed by atoms with E-state index >= 15 is 0 Å². The highest BCUT2D eigenvalue weighted by Gasteiger charge is 2.29. The summed E-state index contributed by atoms with van der Waals surface area (Å²) in [4.78, 5) is 49.8. The molecule has 0 bridgehead atoms. The fourth-order valence-corrected chi connectivity index (χ4v) is 4.99. The fraction of sp³-hybridized carbons (Fsp3) is 0.429. The number of hydrogen-bond donors (Lipinski definition) is 2. The highest BCUT2D eigenvalue weighted by atomic mass is 16.5. The van der Waals surface area contributed by atoms with Gasteiger partial charge in [-0.05, 0) is 18.1 Å². The smallest absolute Gasteiger partial charge is 0.254 e. The van der Waals surface area contributed by atoms with Crippen molar-refractivity contribution in [2.75, 3.05) is 57.4 Å². The molecular formula is C28H35N9O4. The zero-order valence-electron chi connectivity index (χ0n) is 23.4. The lowest BCUT2D eigenvalue weighted by molar-refractivity contribution is -0.145. The average Bonchev–Trinajstić information content (AvgIpc) is 3.51. The Kier molecular flexibility index (Phi) is 8.43. The van der Waals surface area contributed by atoms with Crippen LogP contribution in [0.25, 0.3) is 11.0 Å². The van der Waals surface area contributed by atoms with Crippen LogP contribution in [0, 0.1) is 0 Å². The molecule has 216 valence electrons. The van der Waals surface area contributed by atoms with E-state index in [2.05, 4.69) is 33.2 Å². The van der Waals surface area contributed by atoms with Gasteiger partial charge in [-0.3, -0.25) is 28.9 Å². The topological polar surface area (TPSA) is 152 Å². The van der Waals surface area contributed by atoms with Crippen LogP contribution in [0.4, 0.5) is 11.8 Å². The van der Waals surface area contributed by atoms with Crippen molar-refractivity contribution in [3.63, 3.8) is 0 Å². The number of fused-ring (bicyclic) bond motifs is 1. The Hall–Kier alpha value is -4.52. The number of carbonyl (C=O) groups is 3. The number of imide groups is 1. The summed E-state index contributed by atoms with van der Waals surface area (Å²) in [5.74, 6) is 0.503. The molecule has 0 aliphatic carbocycles. The second-order valence-corrected chi connectivity index (χ2v) is 10.2. The van der Waals surface area contributed by atoms with Crippen LogP contribution in [-0.2, 0) is 27.5 Å². The number of anilines is 2. The van der Waals surface area contributed by atoms with Gasteiger partial charge in [0.1, 0.15) is 17.8 Å². The molecule has 13 heteroatoms. The van der Waals surface area contributed by atoms with E-state index in [1.165, 1.54) is 12.2 Å².